The zero-order chi connectivity index (χ0) is 25.0. The summed E-state index contributed by atoms with van der Waals surface area (Å²) in [5.74, 6) is -1.43. The Balaban J connectivity index is 1.34. The van der Waals surface area contributed by atoms with Gasteiger partial charge in [0.15, 0.2) is 5.58 Å². The van der Waals surface area contributed by atoms with Crippen LogP contribution in [0.15, 0.2) is 82.0 Å². The smallest absolute Gasteiger partial charge is 0.408 e. The quantitative estimate of drug-likeness (QED) is 0.374. The maximum atomic E-state index is 12.9. The van der Waals surface area contributed by atoms with Crippen LogP contribution in [0, 0.1) is 0 Å². The lowest BCUT2D eigenvalue weighted by Crippen LogP contribution is -2.17. The first-order valence-electron chi connectivity index (χ1n) is 10.7. The molecule has 2 amide bonds. The number of benzene rings is 3. The number of hydrogen-bond acceptors (Lipinski definition) is 4. The molecule has 0 aliphatic heterocycles. The molecule has 0 radical (unpaired) electrons. The number of nitrogens with one attached hydrogen (secondary N) is 2. The van der Waals surface area contributed by atoms with Crippen molar-refractivity contribution in [3.63, 3.8) is 0 Å². The first kappa shape index (κ1) is 23.8. The van der Waals surface area contributed by atoms with Crippen LogP contribution < -0.4 is 16.4 Å². The summed E-state index contributed by atoms with van der Waals surface area (Å²) < 4.78 is 45.3. The molecule has 0 saturated carbocycles. The summed E-state index contributed by atoms with van der Waals surface area (Å²) in [6.07, 6.45) is -4.03. The zero-order valence-electron chi connectivity index (χ0n) is 18.3. The van der Waals surface area contributed by atoms with Crippen molar-refractivity contribution in [1.82, 2.24) is 4.57 Å². The Hall–Kier alpha value is -4.34. The number of amides is 2. The number of anilines is 2. The van der Waals surface area contributed by atoms with Crippen molar-refractivity contribution < 1.29 is 27.2 Å². The monoisotopic (exact) mass is 483 g/mol. The van der Waals surface area contributed by atoms with Gasteiger partial charge in [-0.15, -0.1) is 0 Å². The van der Waals surface area contributed by atoms with Crippen molar-refractivity contribution in [2.75, 3.05) is 10.6 Å². The van der Waals surface area contributed by atoms with Gasteiger partial charge < -0.3 is 15.1 Å². The van der Waals surface area contributed by atoms with Crippen LogP contribution in [0.5, 0.6) is 0 Å². The summed E-state index contributed by atoms with van der Waals surface area (Å²) >= 11 is 0. The van der Waals surface area contributed by atoms with Crippen molar-refractivity contribution in [2.45, 2.75) is 25.6 Å². The number of aryl methyl sites for hydroxylation is 1. The molecule has 4 rings (SSSR count). The van der Waals surface area contributed by atoms with E-state index >= 15 is 0 Å². The zero-order valence-corrected chi connectivity index (χ0v) is 18.3. The molecule has 0 spiro atoms. The Morgan fingerprint density at radius 3 is 2.37 bits per heavy atom. The summed E-state index contributed by atoms with van der Waals surface area (Å²) in [6, 6.07) is 17.4. The van der Waals surface area contributed by atoms with Gasteiger partial charge in [0, 0.05) is 29.9 Å². The molecule has 0 bridgehead atoms. The number of fused-ring (bicyclic) bond motifs is 1. The minimum Gasteiger partial charge on any atom is -0.408 e. The molecule has 0 aliphatic carbocycles. The van der Waals surface area contributed by atoms with Gasteiger partial charge in [-0.25, -0.2) is 4.79 Å². The second-order valence-corrected chi connectivity index (χ2v) is 7.75. The lowest BCUT2D eigenvalue weighted by Gasteiger charge is -2.11. The van der Waals surface area contributed by atoms with Gasteiger partial charge in [0.25, 0.3) is 5.91 Å². The summed E-state index contributed by atoms with van der Waals surface area (Å²) in [6.45, 7) is 0.294. The topological polar surface area (TPSA) is 93.3 Å². The van der Waals surface area contributed by atoms with Crippen molar-refractivity contribution in [1.29, 1.82) is 0 Å². The number of oxazole rings is 1. The Labute approximate surface area is 197 Å². The first-order valence-corrected chi connectivity index (χ1v) is 10.7. The predicted octanol–water partition coefficient (Wildman–Crippen LogP) is 5.28. The van der Waals surface area contributed by atoms with E-state index in [4.69, 9.17) is 4.42 Å². The van der Waals surface area contributed by atoms with Gasteiger partial charge in [0.2, 0.25) is 5.91 Å². The molecule has 3 aromatic carbocycles. The van der Waals surface area contributed by atoms with E-state index in [0.29, 0.717) is 29.8 Å². The van der Waals surface area contributed by atoms with Crippen molar-refractivity contribution in [3.8, 4) is 0 Å². The SMILES string of the molecule is O=C(CCCn1c(=O)oc2ccccc21)Nc1cccc(C(=O)Nc2cccc(C(F)(F)F)c2)c1. The molecule has 0 fully saturated rings. The van der Waals surface area contributed by atoms with E-state index in [2.05, 4.69) is 10.6 Å². The number of nitrogens with zero attached hydrogens (tertiary/aromatic N) is 1. The van der Waals surface area contributed by atoms with Crippen molar-refractivity contribution >= 4 is 34.3 Å². The highest BCUT2D eigenvalue weighted by Crippen LogP contribution is 2.30. The number of carbonyl (C=O) groups is 2. The molecule has 180 valence electrons. The highest BCUT2D eigenvalue weighted by molar-refractivity contribution is 6.05. The minimum absolute atomic E-state index is 0.00118. The number of aromatic nitrogens is 1. The van der Waals surface area contributed by atoms with E-state index in [9.17, 15) is 27.6 Å². The molecule has 0 atom stereocenters. The number of hydrogen-bond donors (Lipinski definition) is 2. The van der Waals surface area contributed by atoms with Crippen LogP contribution in [0.1, 0.15) is 28.8 Å². The standard InChI is InChI=1S/C25H20F3N3O4/c26-25(27,28)17-7-4-9-19(15-17)30-23(33)16-6-3-8-18(14-16)29-22(32)12-5-13-31-20-10-1-2-11-21(20)35-24(31)34/h1-4,6-11,14-15H,5,12-13H2,(H,29,32)(H,30,33). The molecule has 10 heteroatoms. The van der Waals surface area contributed by atoms with E-state index in [1.807, 2.05) is 0 Å². The number of halogens is 3. The lowest BCUT2D eigenvalue weighted by molar-refractivity contribution is -0.137. The van der Waals surface area contributed by atoms with Crippen LogP contribution in [-0.4, -0.2) is 16.4 Å². The Morgan fingerprint density at radius 1 is 0.886 bits per heavy atom. The van der Waals surface area contributed by atoms with E-state index in [0.717, 1.165) is 12.1 Å². The maximum absolute atomic E-state index is 12.9. The molecule has 35 heavy (non-hydrogen) atoms. The average molecular weight is 483 g/mol. The highest BCUT2D eigenvalue weighted by atomic mass is 19.4. The van der Waals surface area contributed by atoms with Gasteiger partial charge in [-0.3, -0.25) is 14.2 Å². The predicted molar refractivity (Wildman–Crippen MR) is 124 cm³/mol. The van der Waals surface area contributed by atoms with Crippen molar-refractivity contribution in [3.05, 3.63) is 94.5 Å². The number of alkyl halides is 3. The van der Waals surface area contributed by atoms with E-state index < -0.39 is 23.4 Å². The first-order chi connectivity index (χ1) is 16.7. The van der Waals surface area contributed by atoms with Gasteiger partial charge in [-0.1, -0.05) is 24.3 Å². The third-order valence-electron chi connectivity index (χ3n) is 5.22. The van der Waals surface area contributed by atoms with E-state index in [-0.39, 0.29) is 23.6 Å². The molecule has 0 aliphatic rings. The molecule has 7 nitrogen and oxygen atoms in total. The van der Waals surface area contributed by atoms with Gasteiger partial charge in [-0.05, 0) is 55.0 Å². The lowest BCUT2D eigenvalue weighted by atomic mass is 10.1. The second kappa shape index (κ2) is 9.88. The molecule has 0 unspecified atom stereocenters. The normalized spacial score (nSPS) is 11.4. The number of carbonyl (C=O) groups excluding carboxylic acids is 2. The summed E-state index contributed by atoms with van der Waals surface area (Å²) in [4.78, 5) is 36.9. The van der Waals surface area contributed by atoms with Crippen LogP contribution in [-0.2, 0) is 17.5 Å². The number of para-hydroxylation sites is 2. The summed E-state index contributed by atoms with van der Waals surface area (Å²) in [5.41, 5.74) is 0.775. The largest absolute Gasteiger partial charge is 0.419 e. The Kier molecular flexibility index (Phi) is 6.72. The van der Waals surface area contributed by atoms with Crippen LogP contribution in [0.4, 0.5) is 24.5 Å². The van der Waals surface area contributed by atoms with Gasteiger partial charge in [-0.2, -0.15) is 13.2 Å². The summed E-state index contributed by atoms with van der Waals surface area (Å²) in [5, 5.41) is 5.11. The fourth-order valence-corrected chi connectivity index (χ4v) is 3.56. The minimum atomic E-state index is -4.52. The molecule has 1 aromatic heterocycles. The Bertz CT molecular complexity index is 1440. The fraction of sp³-hybridized carbons (Fsp3) is 0.160. The molecular formula is C25H20F3N3O4. The van der Waals surface area contributed by atoms with Crippen LogP contribution in [0.2, 0.25) is 0 Å². The van der Waals surface area contributed by atoms with Crippen LogP contribution in [0.3, 0.4) is 0 Å². The average Bonchev–Trinajstić information content (AvgIpc) is 3.14. The third-order valence-corrected chi connectivity index (χ3v) is 5.22. The summed E-state index contributed by atoms with van der Waals surface area (Å²) in [7, 11) is 0. The maximum Gasteiger partial charge on any atom is 0.419 e. The Morgan fingerprint density at radius 2 is 1.60 bits per heavy atom. The molecule has 0 saturated heterocycles. The van der Waals surface area contributed by atoms with Crippen LogP contribution >= 0.6 is 0 Å². The van der Waals surface area contributed by atoms with Gasteiger partial charge >= 0.3 is 11.9 Å². The van der Waals surface area contributed by atoms with E-state index in [1.54, 1.807) is 36.4 Å². The number of rotatable bonds is 7. The molecule has 2 N–H and O–H groups in total. The van der Waals surface area contributed by atoms with Gasteiger partial charge in [0.05, 0.1) is 11.1 Å². The second-order valence-electron chi connectivity index (χ2n) is 7.75. The highest BCUT2D eigenvalue weighted by Gasteiger charge is 2.30. The molecule has 4 aromatic rings. The van der Waals surface area contributed by atoms with E-state index in [1.165, 1.54) is 28.8 Å². The fourth-order valence-electron chi connectivity index (χ4n) is 3.56. The molecular weight excluding hydrogens is 463 g/mol. The molecule has 1 heterocycles. The van der Waals surface area contributed by atoms with Gasteiger partial charge in [0.1, 0.15) is 0 Å². The third kappa shape index (κ3) is 5.78. The van der Waals surface area contributed by atoms with Crippen molar-refractivity contribution in [2.24, 2.45) is 0 Å². The van der Waals surface area contributed by atoms with Crippen LogP contribution in [0.25, 0.3) is 11.1 Å².